The van der Waals surface area contributed by atoms with Gasteiger partial charge in [-0.1, -0.05) is 6.92 Å². The SMILES string of the molecule is CCc1ncnc(NC2CCN(S(=O)(=O)CC)CC2)c1F. The second-order valence-corrected chi connectivity index (χ2v) is 7.31. The molecule has 0 atom stereocenters. The monoisotopic (exact) mass is 316 g/mol. The van der Waals surface area contributed by atoms with Crippen LogP contribution < -0.4 is 5.32 Å². The number of nitrogens with one attached hydrogen (secondary N) is 1. The lowest BCUT2D eigenvalue weighted by atomic mass is 10.1. The fourth-order valence-electron chi connectivity index (χ4n) is 2.41. The van der Waals surface area contributed by atoms with Crippen LogP contribution in [0.3, 0.4) is 0 Å². The Bertz CT molecular complexity index is 586. The molecule has 118 valence electrons. The van der Waals surface area contributed by atoms with Crippen LogP contribution in [0.1, 0.15) is 32.4 Å². The highest BCUT2D eigenvalue weighted by atomic mass is 32.2. The Hall–Kier alpha value is -1.28. The molecular weight excluding hydrogens is 295 g/mol. The molecule has 1 N–H and O–H groups in total. The number of halogens is 1. The van der Waals surface area contributed by atoms with E-state index in [1.54, 1.807) is 6.92 Å². The molecule has 1 saturated heterocycles. The Morgan fingerprint density at radius 3 is 2.57 bits per heavy atom. The van der Waals surface area contributed by atoms with Gasteiger partial charge in [0.2, 0.25) is 10.0 Å². The molecule has 0 spiro atoms. The Kier molecular flexibility index (Phi) is 5.10. The Labute approximate surface area is 124 Å². The van der Waals surface area contributed by atoms with E-state index >= 15 is 0 Å². The predicted octanol–water partition coefficient (Wildman–Crippen LogP) is 1.40. The van der Waals surface area contributed by atoms with E-state index < -0.39 is 15.8 Å². The summed E-state index contributed by atoms with van der Waals surface area (Å²) in [6, 6.07) is 0.0300. The molecule has 0 aromatic carbocycles. The van der Waals surface area contributed by atoms with Gasteiger partial charge in [0.15, 0.2) is 11.6 Å². The van der Waals surface area contributed by atoms with Crippen LogP contribution >= 0.6 is 0 Å². The van der Waals surface area contributed by atoms with E-state index in [2.05, 4.69) is 15.3 Å². The van der Waals surface area contributed by atoms with Gasteiger partial charge in [-0.15, -0.1) is 0 Å². The summed E-state index contributed by atoms with van der Waals surface area (Å²) in [5.41, 5.74) is 0.387. The molecule has 8 heteroatoms. The smallest absolute Gasteiger partial charge is 0.213 e. The molecule has 0 saturated carbocycles. The number of rotatable bonds is 5. The first-order chi connectivity index (χ1) is 9.97. The lowest BCUT2D eigenvalue weighted by Gasteiger charge is -2.31. The quantitative estimate of drug-likeness (QED) is 0.889. The van der Waals surface area contributed by atoms with Crippen molar-refractivity contribution in [2.24, 2.45) is 0 Å². The van der Waals surface area contributed by atoms with Crippen LogP contribution in [0, 0.1) is 5.82 Å². The summed E-state index contributed by atoms with van der Waals surface area (Å²) in [7, 11) is -3.13. The Morgan fingerprint density at radius 2 is 2.00 bits per heavy atom. The van der Waals surface area contributed by atoms with Crippen LogP contribution in [0.15, 0.2) is 6.33 Å². The van der Waals surface area contributed by atoms with E-state index in [1.165, 1.54) is 10.6 Å². The fraction of sp³-hybridized carbons (Fsp3) is 0.692. The maximum absolute atomic E-state index is 14.1. The van der Waals surface area contributed by atoms with E-state index in [9.17, 15) is 12.8 Å². The van der Waals surface area contributed by atoms with Crippen LogP contribution in [0.4, 0.5) is 10.2 Å². The lowest BCUT2D eigenvalue weighted by molar-refractivity contribution is 0.329. The highest BCUT2D eigenvalue weighted by molar-refractivity contribution is 7.89. The number of nitrogens with zero attached hydrogens (tertiary/aromatic N) is 3. The fourth-order valence-corrected chi connectivity index (χ4v) is 3.54. The first kappa shape index (κ1) is 16.1. The summed E-state index contributed by atoms with van der Waals surface area (Å²) in [6.45, 7) is 4.40. The lowest BCUT2D eigenvalue weighted by Crippen LogP contribution is -2.43. The molecule has 0 unspecified atom stereocenters. The van der Waals surface area contributed by atoms with Gasteiger partial charge < -0.3 is 5.32 Å². The van der Waals surface area contributed by atoms with Crippen LogP contribution in [-0.2, 0) is 16.4 Å². The molecule has 0 amide bonds. The van der Waals surface area contributed by atoms with E-state index in [1.807, 2.05) is 6.92 Å². The molecular formula is C13H21FN4O2S. The van der Waals surface area contributed by atoms with Crippen LogP contribution in [0.5, 0.6) is 0 Å². The van der Waals surface area contributed by atoms with Crippen molar-refractivity contribution in [1.82, 2.24) is 14.3 Å². The van der Waals surface area contributed by atoms with Gasteiger partial charge >= 0.3 is 0 Å². The summed E-state index contributed by atoms with van der Waals surface area (Å²) in [6.07, 6.45) is 3.14. The third-order valence-electron chi connectivity index (χ3n) is 3.75. The molecule has 0 aliphatic carbocycles. The molecule has 2 rings (SSSR count). The number of sulfonamides is 1. The third-order valence-corrected chi connectivity index (χ3v) is 5.63. The normalized spacial score (nSPS) is 17.9. The van der Waals surface area contributed by atoms with Gasteiger partial charge in [0.25, 0.3) is 0 Å². The molecule has 0 bridgehead atoms. The topological polar surface area (TPSA) is 75.2 Å². The van der Waals surface area contributed by atoms with Crippen LogP contribution in [0.2, 0.25) is 0 Å². The molecule has 0 radical (unpaired) electrons. The second-order valence-electron chi connectivity index (χ2n) is 5.05. The van der Waals surface area contributed by atoms with Crippen LogP contribution in [-0.4, -0.2) is 47.6 Å². The van der Waals surface area contributed by atoms with Gasteiger partial charge in [0, 0.05) is 19.1 Å². The van der Waals surface area contributed by atoms with Gasteiger partial charge in [-0.2, -0.15) is 0 Å². The largest absolute Gasteiger partial charge is 0.365 e. The summed E-state index contributed by atoms with van der Waals surface area (Å²) in [5.74, 6) is -0.0897. The van der Waals surface area contributed by atoms with Gasteiger partial charge in [-0.25, -0.2) is 27.1 Å². The minimum absolute atomic E-state index is 0.0300. The standard InChI is InChI=1S/C13H21FN4O2S/c1-3-11-12(14)13(16-9-15-11)17-10-5-7-18(8-6-10)21(19,20)4-2/h9-10H,3-8H2,1-2H3,(H,15,16,17). The van der Waals surface area contributed by atoms with Crippen molar-refractivity contribution in [3.05, 3.63) is 17.8 Å². The molecule has 1 aliphatic heterocycles. The Balaban J connectivity index is 1.98. The van der Waals surface area contributed by atoms with E-state index in [0.29, 0.717) is 38.0 Å². The molecule has 2 heterocycles. The number of piperidine rings is 1. The molecule has 1 fully saturated rings. The summed E-state index contributed by atoms with van der Waals surface area (Å²) in [4.78, 5) is 7.83. The van der Waals surface area contributed by atoms with Gasteiger partial charge in [-0.3, -0.25) is 0 Å². The van der Waals surface area contributed by atoms with Gasteiger partial charge in [-0.05, 0) is 26.2 Å². The zero-order valence-electron chi connectivity index (χ0n) is 12.3. The van der Waals surface area contributed by atoms with Crippen molar-refractivity contribution in [3.8, 4) is 0 Å². The van der Waals surface area contributed by atoms with E-state index in [-0.39, 0.29) is 17.6 Å². The van der Waals surface area contributed by atoms with Crippen molar-refractivity contribution in [2.45, 2.75) is 39.2 Å². The van der Waals surface area contributed by atoms with Crippen molar-refractivity contribution in [1.29, 1.82) is 0 Å². The van der Waals surface area contributed by atoms with Crippen LogP contribution in [0.25, 0.3) is 0 Å². The van der Waals surface area contributed by atoms with Gasteiger partial charge in [0.1, 0.15) is 6.33 Å². The Morgan fingerprint density at radius 1 is 1.33 bits per heavy atom. The average molecular weight is 316 g/mol. The first-order valence-corrected chi connectivity index (χ1v) is 8.82. The first-order valence-electron chi connectivity index (χ1n) is 7.21. The highest BCUT2D eigenvalue weighted by Crippen LogP contribution is 2.20. The molecule has 1 aromatic rings. The van der Waals surface area contributed by atoms with Crippen molar-refractivity contribution in [2.75, 3.05) is 24.2 Å². The molecule has 6 nitrogen and oxygen atoms in total. The summed E-state index contributed by atoms with van der Waals surface area (Å²) < 4.78 is 39.1. The maximum atomic E-state index is 14.1. The summed E-state index contributed by atoms with van der Waals surface area (Å²) >= 11 is 0. The third kappa shape index (κ3) is 3.68. The zero-order valence-corrected chi connectivity index (χ0v) is 13.2. The predicted molar refractivity (Wildman–Crippen MR) is 79.0 cm³/mol. The molecule has 1 aliphatic rings. The van der Waals surface area contributed by atoms with Gasteiger partial charge in [0.05, 0.1) is 11.4 Å². The van der Waals surface area contributed by atoms with Crippen molar-refractivity contribution >= 4 is 15.8 Å². The minimum atomic E-state index is -3.13. The van der Waals surface area contributed by atoms with Crippen molar-refractivity contribution in [3.63, 3.8) is 0 Å². The second kappa shape index (κ2) is 6.65. The number of aryl methyl sites for hydroxylation is 1. The number of aromatic nitrogens is 2. The summed E-state index contributed by atoms with van der Waals surface area (Å²) in [5, 5.41) is 3.07. The highest BCUT2D eigenvalue weighted by Gasteiger charge is 2.27. The maximum Gasteiger partial charge on any atom is 0.213 e. The molecule has 21 heavy (non-hydrogen) atoms. The minimum Gasteiger partial charge on any atom is -0.365 e. The van der Waals surface area contributed by atoms with E-state index in [4.69, 9.17) is 0 Å². The van der Waals surface area contributed by atoms with Crippen molar-refractivity contribution < 1.29 is 12.8 Å². The zero-order chi connectivity index (χ0) is 15.5. The number of anilines is 1. The van der Waals surface area contributed by atoms with E-state index in [0.717, 1.165) is 0 Å². The molecule has 1 aromatic heterocycles. The number of hydrogen-bond donors (Lipinski definition) is 1. The number of hydrogen-bond acceptors (Lipinski definition) is 5. The average Bonchev–Trinajstić information content (AvgIpc) is 2.50.